The van der Waals surface area contributed by atoms with Crippen LogP contribution in [0.25, 0.3) is 0 Å². The second-order valence-electron chi connectivity index (χ2n) is 5.78. The Bertz CT molecular complexity index is 859. The topological polar surface area (TPSA) is 53.8 Å². The minimum atomic E-state index is -0.633. The first kappa shape index (κ1) is 15.7. The molecule has 5 nitrogen and oxygen atoms in total. The van der Waals surface area contributed by atoms with Gasteiger partial charge in [0.25, 0.3) is 5.91 Å². The summed E-state index contributed by atoms with van der Waals surface area (Å²) >= 11 is 1.48. The lowest BCUT2D eigenvalue weighted by atomic mass is 10.1. The fraction of sp³-hybridized carbons (Fsp3) is 0.158. The molecule has 3 aromatic rings. The molecule has 0 N–H and O–H groups in total. The zero-order valence-electron chi connectivity index (χ0n) is 13.4. The Morgan fingerprint density at radius 3 is 2.56 bits per heavy atom. The average molecular weight is 352 g/mol. The van der Waals surface area contributed by atoms with Crippen molar-refractivity contribution >= 4 is 28.8 Å². The van der Waals surface area contributed by atoms with Gasteiger partial charge >= 0.3 is 0 Å². The molecule has 0 bridgehead atoms. The van der Waals surface area contributed by atoms with Crippen molar-refractivity contribution < 1.29 is 14.0 Å². The van der Waals surface area contributed by atoms with Crippen LogP contribution in [0.4, 0.5) is 5.69 Å². The number of anilines is 1. The molecule has 1 saturated heterocycles. The maximum atomic E-state index is 13.2. The minimum Gasteiger partial charge on any atom is -0.467 e. The number of nitrogens with zero attached hydrogens (tertiary/aromatic N) is 2. The largest absolute Gasteiger partial charge is 0.467 e. The Morgan fingerprint density at radius 1 is 1.04 bits per heavy atom. The van der Waals surface area contributed by atoms with Crippen LogP contribution in [0.3, 0.4) is 0 Å². The van der Waals surface area contributed by atoms with Crippen LogP contribution >= 0.6 is 11.3 Å². The molecule has 1 unspecified atom stereocenters. The zero-order chi connectivity index (χ0) is 17.2. The summed E-state index contributed by atoms with van der Waals surface area (Å²) in [4.78, 5) is 30.1. The number of piperazine rings is 1. The van der Waals surface area contributed by atoms with Crippen molar-refractivity contribution in [1.82, 2.24) is 4.90 Å². The molecule has 1 aliphatic heterocycles. The number of hydrogen-bond donors (Lipinski definition) is 0. The number of amides is 2. The van der Waals surface area contributed by atoms with Gasteiger partial charge in [-0.2, -0.15) is 0 Å². The van der Waals surface area contributed by atoms with Crippen molar-refractivity contribution in [3.63, 3.8) is 0 Å². The van der Waals surface area contributed by atoms with E-state index in [1.165, 1.54) is 11.3 Å². The Hall–Kier alpha value is -2.86. The maximum absolute atomic E-state index is 13.2. The Morgan fingerprint density at radius 2 is 1.88 bits per heavy atom. The molecule has 0 radical (unpaired) electrons. The second-order valence-corrected chi connectivity index (χ2v) is 6.76. The summed E-state index contributed by atoms with van der Waals surface area (Å²) in [6, 6.07) is 16.1. The zero-order valence-corrected chi connectivity index (χ0v) is 14.2. The number of thiophene rings is 1. The number of hydrogen-bond acceptors (Lipinski definition) is 4. The molecule has 1 atom stereocenters. The van der Waals surface area contributed by atoms with E-state index in [0.29, 0.717) is 5.76 Å². The molecule has 6 heteroatoms. The van der Waals surface area contributed by atoms with E-state index in [-0.39, 0.29) is 24.9 Å². The number of carbonyl (C=O) groups excluding carboxylic acids is 2. The molecule has 25 heavy (non-hydrogen) atoms. The normalized spacial score (nSPS) is 18.0. The quantitative estimate of drug-likeness (QED) is 0.723. The molecule has 4 rings (SSSR count). The predicted octanol–water partition coefficient (Wildman–Crippen LogP) is 3.46. The summed E-state index contributed by atoms with van der Waals surface area (Å²) in [7, 11) is 0. The van der Waals surface area contributed by atoms with Crippen LogP contribution in [0, 0.1) is 0 Å². The second kappa shape index (κ2) is 6.57. The van der Waals surface area contributed by atoms with Gasteiger partial charge in [0.2, 0.25) is 5.91 Å². The summed E-state index contributed by atoms with van der Waals surface area (Å²) in [6.07, 6.45) is 1.57. The molecular weight excluding hydrogens is 336 g/mol. The van der Waals surface area contributed by atoms with Crippen LogP contribution in [0.1, 0.15) is 16.7 Å². The standard InChI is InChI=1S/C19H16N2O3S/c22-17-13-20(14-6-2-1-3-7-14)19(23)18(16-9-5-11-25-16)21(17)12-15-8-4-10-24-15/h1-11,18H,12-13H2. The Balaban J connectivity index is 1.71. The Kier molecular flexibility index (Phi) is 4.11. The van der Waals surface area contributed by atoms with Crippen molar-refractivity contribution in [3.05, 3.63) is 76.9 Å². The fourth-order valence-electron chi connectivity index (χ4n) is 3.03. The van der Waals surface area contributed by atoms with Gasteiger partial charge in [-0.15, -0.1) is 11.3 Å². The summed E-state index contributed by atoms with van der Waals surface area (Å²) in [6.45, 7) is 0.314. The van der Waals surface area contributed by atoms with Gasteiger partial charge < -0.3 is 14.2 Å². The van der Waals surface area contributed by atoms with Crippen molar-refractivity contribution in [2.45, 2.75) is 12.6 Å². The molecule has 0 spiro atoms. The maximum Gasteiger partial charge on any atom is 0.255 e. The highest BCUT2D eigenvalue weighted by molar-refractivity contribution is 7.10. The first-order chi connectivity index (χ1) is 12.2. The summed E-state index contributed by atoms with van der Waals surface area (Å²) in [5.41, 5.74) is 0.736. The number of carbonyl (C=O) groups is 2. The van der Waals surface area contributed by atoms with E-state index < -0.39 is 6.04 Å². The first-order valence-electron chi connectivity index (χ1n) is 7.96. The minimum absolute atomic E-state index is 0.0332. The highest BCUT2D eigenvalue weighted by atomic mass is 32.1. The van der Waals surface area contributed by atoms with Gasteiger partial charge in [-0.3, -0.25) is 9.59 Å². The van der Waals surface area contributed by atoms with Gasteiger partial charge in [0.15, 0.2) is 0 Å². The lowest BCUT2D eigenvalue weighted by Crippen LogP contribution is -2.55. The van der Waals surface area contributed by atoms with Crippen LogP contribution in [-0.4, -0.2) is 23.3 Å². The van der Waals surface area contributed by atoms with E-state index >= 15 is 0 Å². The monoisotopic (exact) mass is 352 g/mol. The average Bonchev–Trinajstić information content (AvgIpc) is 3.33. The van der Waals surface area contributed by atoms with Crippen LogP contribution in [0.2, 0.25) is 0 Å². The summed E-state index contributed by atoms with van der Waals surface area (Å²) < 4.78 is 5.38. The number of rotatable bonds is 4. The van der Waals surface area contributed by atoms with Gasteiger partial charge in [0.1, 0.15) is 18.3 Å². The summed E-state index contributed by atoms with van der Waals surface area (Å²) in [5, 5.41) is 1.92. The molecule has 1 fully saturated rings. The molecule has 0 saturated carbocycles. The van der Waals surface area contributed by atoms with Crippen LogP contribution in [-0.2, 0) is 16.1 Å². The molecule has 3 heterocycles. The van der Waals surface area contributed by atoms with Gasteiger partial charge in [-0.05, 0) is 35.7 Å². The van der Waals surface area contributed by atoms with E-state index in [9.17, 15) is 9.59 Å². The third-order valence-corrected chi connectivity index (χ3v) is 5.14. The number of benzene rings is 1. The van der Waals surface area contributed by atoms with Crippen LogP contribution < -0.4 is 4.90 Å². The van der Waals surface area contributed by atoms with Crippen molar-refractivity contribution in [1.29, 1.82) is 0 Å². The predicted molar refractivity (Wildman–Crippen MR) is 95.1 cm³/mol. The SMILES string of the molecule is O=C1C(c2cccs2)N(Cc2ccco2)C(=O)CN1c1ccccc1. The molecule has 0 aliphatic carbocycles. The summed E-state index contributed by atoms with van der Waals surface area (Å²) in [5.74, 6) is 0.467. The third-order valence-electron chi connectivity index (χ3n) is 4.21. The number of furan rings is 1. The molecule has 2 aromatic heterocycles. The van der Waals surface area contributed by atoms with E-state index in [1.54, 1.807) is 22.1 Å². The van der Waals surface area contributed by atoms with E-state index in [2.05, 4.69) is 0 Å². The van der Waals surface area contributed by atoms with Gasteiger partial charge in [-0.1, -0.05) is 24.3 Å². The molecular formula is C19H16N2O3S. The highest BCUT2D eigenvalue weighted by Crippen LogP contribution is 2.33. The van der Waals surface area contributed by atoms with Crippen LogP contribution in [0.5, 0.6) is 0 Å². The molecule has 126 valence electrons. The lowest BCUT2D eigenvalue weighted by molar-refractivity contribution is -0.144. The molecule has 1 aliphatic rings. The fourth-order valence-corrected chi connectivity index (χ4v) is 3.86. The Labute approximate surface area is 149 Å². The van der Waals surface area contributed by atoms with Crippen molar-refractivity contribution in [3.8, 4) is 0 Å². The van der Waals surface area contributed by atoms with Gasteiger partial charge in [-0.25, -0.2) is 0 Å². The van der Waals surface area contributed by atoms with Crippen molar-refractivity contribution in [2.24, 2.45) is 0 Å². The van der Waals surface area contributed by atoms with Crippen molar-refractivity contribution in [2.75, 3.05) is 11.4 Å². The first-order valence-corrected chi connectivity index (χ1v) is 8.83. The van der Waals surface area contributed by atoms with E-state index in [0.717, 1.165) is 10.6 Å². The smallest absolute Gasteiger partial charge is 0.255 e. The molecule has 1 aromatic carbocycles. The van der Waals surface area contributed by atoms with Gasteiger partial charge in [0.05, 0.1) is 12.8 Å². The number of para-hydroxylation sites is 1. The van der Waals surface area contributed by atoms with Crippen LogP contribution in [0.15, 0.2) is 70.7 Å². The molecule has 2 amide bonds. The van der Waals surface area contributed by atoms with E-state index in [1.807, 2.05) is 53.9 Å². The highest BCUT2D eigenvalue weighted by Gasteiger charge is 2.41. The van der Waals surface area contributed by atoms with E-state index in [4.69, 9.17) is 4.42 Å². The van der Waals surface area contributed by atoms with Gasteiger partial charge in [0, 0.05) is 10.6 Å². The lowest BCUT2D eigenvalue weighted by Gasteiger charge is -2.39. The third kappa shape index (κ3) is 2.96.